The fraction of sp³-hybridized carbons (Fsp3) is 0. The number of aromatic nitrogens is 3. The van der Waals surface area contributed by atoms with E-state index in [-0.39, 0.29) is 0 Å². The third-order valence-corrected chi connectivity index (χ3v) is 5.34. The minimum atomic E-state index is -0.493. The molecule has 0 atom stereocenters. The third kappa shape index (κ3) is 3.92. The van der Waals surface area contributed by atoms with E-state index in [0.717, 1.165) is 33.8 Å². The van der Waals surface area contributed by atoms with Crippen LogP contribution in [0.3, 0.4) is 0 Å². The Morgan fingerprint density at radius 2 is 1.52 bits per heavy atom. The summed E-state index contributed by atoms with van der Waals surface area (Å²) in [5.41, 5.74) is 3.80. The molecule has 5 aromatic rings. The Kier molecular flexibility index (Phi) is 4.77. The monoisotopic (exact) mass is 431 g/mol. The number of para-hydroxylation sites is 2. The van der Waals surface area contributed by atoms with Gasteiger partial charge in [0.2, 0.25) is 0 Å². The number of pyridine rings is 1. The largest absolute Gasteiger partial charge is 0.632 e. The van der Waals surface area contributed by atoms with Crippen molar-refractivity contribution in [1.29, 1.82) is 0 Å². The van der Waals surface area contributed by atoms with Crippen LogP contribution in [0.4, 0.5) is 0 Å². The molecule has 158 valence electrons. The predicted molar refractivity (Wildman–Crippen MR) is 126 cm³/mol. The first-order valence-electron chi connectivity index (χ1n) is 10.6. The maximum atomic E-state index is 6.15. The Bertz CT molecular complexity index is 1400. The lowest BCUT2D eigenvalue weighted by Gasteiger charge is -2.10. The van der Waals surface area contributed by atoms with E-state index in [1.807, 2.05) is 108 Å². The number of ether oxygens (including phenoxy) is 1. The van der Waals surface area contributed by atoms with Gasteiger partial charge < -0.3 is 14.0 Å². The smallest absolute Gasteiger partial charge is 0.519 e. The summed E-state index contributed by atoms with van der Waals surface area (Å²) in [5, 5.41) is 4.50. The van der Waals surface area contributed by atoms with Crippen LogP contribution in [0.1, 0.15) is 0 Å². The number of benzene rings is 3. The highest BCUT2D eigenvalue weighted by Gasteiger charge is 2.34. The van der Waals surface area contributed by atoms with Crippen molar-refractivity contribution in [2.45, 2.75) is 0 Å². The molecule has 0 spiro atoms. The van der Waals surface area contributed by atoms with Crippen molar-refractivity contribution in [3.05, 3.63) is 110 Å². The van der Waals surface area contributed by atoms with E-state index >= 15 is 0 Å². The molecule has 6 rings (SSSR count). The summed E-state index contributed by atoms with van der Waals surface area (Å²) in [5.74, 6) is 2.89. The summed E-state index contributed by atoms with van der Waals surface area (Å²) in [6.45, 7) is 0. The Morgan fingerprint density at radius 1 is 0.727 bits per heavy atom. The van der Waals surface area contributed by atoms with Crippen LogP contribution < -0.4 is 19.5 Å². The average Bonchev–Trinajstić information content (AvgIpc) is 3.53. The van der Waals surface area contributed by atoms with Crippen LogP contribution in [-0.2, 0) is 0 Å². The zero-order chi connectivity index (χ0) is 22.0. The maximum absolute atomic E-state index is 6.15. The molecule has 1 aliphatic heterocycles. The lowest BCUT2D eigenvalue weighted by molar-refractivity contribution is 0.481. The Labute approximate surface area is 191 Å². The van der Waals surface area contributed by atoms with E-state index in [1.54, 1.807) is 6.20 Å². The summed E-state index contributed by atoms with van der Waals surface area (Å²) < 4.78 is 19.8. The Balaban J connectivity index is 1.21. The van der Waals surface area contributed by atoms with Gasteiger partial charge in [0, 0.05) is 41.2 Å². The highest BCUT2D eigenvalue weighted by Crippen LogP contribution is 2.33. The van der Waals surface area contributed by atoms with Gasteiger partial charge in [-0.15, -0.1) is 0 Å². The molecule has 0 saturated heterocycles. The highest BCUT2D eigenvalue weighted by atomic mass is 16.6. The lowest BCUT2D eigenvalue weighted by atomic mass is 9.79. The molecule has 0 bridgehead atoms. The van der Waals surface area contributed by atoms with E-state index in [1.165, 1.54) is 0 Å². The van der Waals surface area contributed by atoms with Crippen LogP contribution in [-0.4, -0.2) is 21.9 Å². The SMILES string of the molecule is c1cc(Oc2cccc(-n3cc(-c4cccnc4)cn3)c2)cc(B2Oc3ccccc3O2)c1. The molecule has 0 radical (unpaired) electrons. The molecule has 7 heteroatoms. The van der Waals surface area contributed by atoms with E-state index in [4.69, 9.17) is 14.0 Å². The number of nitrogens with zero attached hydrogens (tertiary/aromatic N) is 3. The molecule has 0 fully saturated rings. The van der Waals surface area contributed by atoms with Crippen molar-refractivity contribution in [2.24, 2.45) is 0 Å². The van der Waals surface area contributed by atoms with Gasteiger partial charge in [-0.3, -0.25) is 4.98 Å². The fourth-order valence-corrected chi connectivity index (χ4v) is 3.73. The zero-order valence-electron chi connectivity index (χ0n) is 17.5. The average molecular weight is 431 g/mol. The molecular weight excluding hydrogens is 413 g/mol. The van der Waals surface area contributed by atoms with Gasteiger partial charge in [0.1, 0.15) is 23.0 Å². The van der Waals surface area contributed by atoms with E-state index < -0.39 is 7.12 Å². The zero-order valence-corrected chi connectivity index (χ0v) is 17.5. The van der Waals surface area contributed by atoms with Gasteiger partial charge in [-0.05, 0) is 42.5 Å². The first-order valence-corrected chi connectivity index (χ1v) is 10.6. The normalized spacial score (nSPS) is 12.1. The summed E-state index contributed by atoms with van der Waals surface area (Å²) in [4.78, 5) is 4.18. The lowest BCUT2D eigenvalue weighted by Crippen LogP contribution is -2.38. The summed E-state index contributed by atoms with van der Waals surface area (Å²) in [6, 6.07) is 27.1. The fourth-order valence-electron chi connectivity index (χ4n) is 3.73. The second kappa shape index (κ2) is 8.20. The van der Waals surface area contributed by atoms with Crippen molar-refractivity contribution in [2.75, 3.05) is 0 Å². The number of fused-ring (bicyclic) bond motifs is 1. The van der Waals surface area contributed by atoms with Crippen LogP contribution >= 0.6 is 0 Å². The van der Waals surface area contributed by atoms with Crippen molar-refractivity contribution in [3.8, 4) is 39.8 Å². The van der Waals surface area contributed by atoms with Crippen LogP contribution in [0, 0.1) is 0 Å². The van der Waals surface area contributed by atoms with Crippen LogP contribution in [0.2, 0.25) is 0 Å². The van der Waals surface area contributed by atoms with Crippen molar-refractivity contribution >= 4 is 12.6 Å². The highest BCUT2D eigenvalue weighted by molar-refractivity contribution is 6.63. The van der Waals surface area contributed by atoms with Crippen LogP contribution in [0.25, 0.3) is 16.8 Å². The van der Waals surface area contributed by atoms with Gasteiger partial charge in [-0.25, -0.2) is 4.68 Å². The molecule has 0 saturated carbocycles. The summed E-state index contributed by atoms with van der Waals surface area (Å²) in [6.07, 6.45) is 7.38. The van der Waals surface area contributed by atoms with Gasteiger partial charge in [0.25, 0.3) is 0 Å². The summed E-state index contributed by atoms with van der Waals surface area (Å²) >= 11 is 0. The molecule has 0 unspecified atom stereocenters. The molecule has 0 aliphatic carbocycles. The molecule has 33 heavy (non-hydrogen) atoms. The van der Waals surface area contributed by atoms with E-state index in [2.05, 4.69) is 10.1 Å². The Morgan fingerprint density at radius 3 is 2.30 bits per heavy atom. The van der Waals surface area contributed by atoms with Gasteiger partial charge in [0.05, 0.1) is 11.9 Å². The van der Waals surface area contributed by atoms with Gasteiger partial charge in [-0.2, -0.15) is 5.10 Å². The molecular formula is C26H18BN3O3. The first kappa shape index (κ1) is 19.2. The molecule has 0 amide bonds. The van der Waals surface area contributed by atoms with Crippen LogP contribution in [0.5, 0.6) is 23.0 Å². The predicted octanol–water partition coefficient (Wildman–Crippen LogP) is 4.89. The van der Waals surface area contributed by atoms with E-state index in [9.17, 15) is 0 Å². The standard InChI is InChI=1S/C26H18BN3O3/c1-2-12-26-25(11-1)32-27(33-26)21-7-3-9-23(14-21)31-24-10-4-8-22(15-24)30-18-20(17-29-30)19-6-5-13-28-16-19/h1-18H. The third-order valence-electron chi connectivity index (χ3n) is 5.34. The molecule has 2 aromatic heterocycles. The molecule has 1 aliphatic rings. The van der Waals surface area contributed by atoms with E-state index in [0.29, 0.717) is 11.5 Å². The number of hydrogen-bond acceptors (Lipinski definition) is 5. The van der Waals surface area contributed by atoms with Crippen molar-refractivity contribution in [3.63, 3.8) is 0 Å². The van der Waals surface area contributed by atoms with Gasteiger partial charge in [0.15, 0.2) is 0 Å². The number of hydrogen-bond donors (Lipinski definition) is 0. The Hall–Kier alpha value is -4.52. The van der Waals surface area contributed by atoms with Crippen molar-refractivity contribution in [1.82, 2.24) is 14.8 Å². The molecule has 3 heterocycles. The second-order valence-corrected chi connectivity index (χ2v) is 7.60. The molecule has 0 N–H and O–H groups in total. The number of rotatable bonds is 5. The van der Waals surface area contributed by atoms with Gasteiger partial charge in [-0.1, -0.05) is 36.4 Å². The van der Waals surface area contributed by atoms with Gasteiger partial charge >= 0.3 is 7.12 Å². The quantitative estimate of drug-likeness (QED) is 0.371. The second-order valence-electron chi connectivity index (χ2n) is 7.60. The van der Waals surface area contributed by atoms with Crippen molar-refractivity contribution < 1.29 is 14.0 Å². The first-order chi connectivity index (χ1) is 16.3. The topological polar surface area (TPSA) is 58.4 Å². The molecule has 3 aromatic carbocycles. The molecule has 6 nitrogen and oxygen atoms in total. The maximum Gasteiger partial charge on any atom is 0.632 e. The summed E-state index contributed by atoms with van der Waals surface area (Å²) in [7, 11) is -0.493. The minimum absolute atomic E-state index is 0.493. The van der Waals surface area contributed by atoms with Crippen LogP contribution in [0.15, 0.2) is 110 Å². The minimum Gasteiger partial charge on any atom is -0.519 e.